The van der Waals surface area contributed by atoms with Crippen LogP contribution in [0.4, 0.5) is 0 Å². The number of rotatable bonds is 3. The van der Waals surface area contributed by atoms with Crippen molar-refractivity contribution in [1.82, 2.24) is 5.32 Å². The van der Waals surface area contributed by atoms with Crippen molar-refractivity contribution in [2.24, 2.45) is 5.92 Å². The standard InChI is InChI=1S/C13H16ClNO2/c1-17-13(16)12(9-6-7-15-8-9)10-4-2-3-5-11(10)14/h2-5,9,12,15H,6-8H2,1H3. The first-order valence-electron chi connectivity index (χ1n) is 5.77. The van der Waals surface area contributed by atoms with E-state index in [1.807, 2.05) is 24.3 Å². The maximum atomic E-state index is 11.9. The van der Waals surface area contributed by atoms with E-state index in [9.17, 15) is 4.79 Å². The van der Waals surface area contributed by atoms with Crippen LogP contribution >= 0.6 is 11.6 Å². The molecule has 1 aromatic carbocycles. The zero-order chi connectivity index (χ0) is 12.3. The second-order valence-corrected chi connectivity index (χ2v) is 4.68. The molecule has 1 heterocycles. The van der Waals surface area contributed by atoms with E-state index in [0.717, 1.165) is 25.1 Å². The van der Waals surface area contributed by atoms with Gasteiger partial charge in [0.05, 0.1) is 13.0 Å². The van der Waals surface area contributed by atoms with E-state index < -0.39 is 0 Å². The fourth-order valence-corrected chi connectivity index (χ4v) is 2.64. The lowest BCUT2D eigenvalue weighted by Crippen LogP contribution is -2.25. The summed E-state index contributed by atoms with van der Waals surface area (Å²) in [6.07, 6.45) is 0.977. The second-order valence-electron chi connectivity index (χ2n) is 4.28. The Bertz CT molecular complexity index is 402. The summed E-state index contributed by atoms with van der Waals surface area (Å²) >= 11 is 6.17. The van der Waals surface area contributed by atoms with Gasteiger partial charge in [0.2, 0.25) is 0 Å². The maximum absolute atomic E-state index is 11.9. The van der Waals surface area contributed by atoms with Crippen molar-refractivity contribution < 1.29 is 9.53 Å². The molecule has 17 heavy (non-hydrogen) atoms. The van der Waals surface area contributed by atoms with Crippen molar-refractivity contribution in [1.29, 1.82) is 0 Å². The molecule has 1 aliphatic heterocycles. The summed E-state index contributed by atoms with van der Waals surface area (Å²) in [7, 11) is 1.43. The minimum atomic E-state index is -0.260. The highest BCUT2D eigenvalue weighted by Gasteiger charge is 2.33. The van der Waals surface area contributed by atoms with Crippen molar-refractivity contribution >= 4 is 17.6 Å². The summed E-state index contributed by atoms with van der Waals surface area (Å²) < 4.78 is 4.91. The van der Waals surface area contributed by atoms with Gasteiger partial charge < -0.3 is 10.1 Å². The summed E-state index contributed by atoms with van der Waals surface area (Å²) in [4.78, 5) is 11.9. The summed E-state index contributed by atoms with van der Waals surface area (Å²) in [6.45, 7) is 1.79. The van der Waals surface area contributed by atoms with Crippen LogP contribution in [0.5, 0.6) is 0 Å². The molecule has 0 amide bonds. The molecule has 1 aliphatic rings. The number of methoxy groups -OCH3 is 1. The molecule has 1 N–H and O–H groups in total. The van der Waals surface area contributed by atoms with Gasteiger partial charge in [-0.1, -0.05) is 29.8 Å². The van der Waals surface area contributed by atoms with E-state index in [1.54, 1.807) is 0 Å². The van der Waals surface area contributed by atoms with Gasteiger partial charge in [0, 0.05) is 5.02 Å². The Balaban J connectivity index is 2.32. The summed E-state index contributed by atoms with van der Waals surface area (Å²) in [5.41, 5.74) is 0.870. The average molecular weight is 254 g/mol. The monoisotopic (exact) mass is 253 g/mol. The summed E-state index contributed by atoms with van der Waals surface area (Å²) in [5.74, 6) is -0.196. The van der Waals surface area contributed by atoms with Crippen LogP contribution in [-0.2, 0) is 9.53 Å². The van der Waals surface area contributed by atoms with Gasteiger partial charge in [0.25, 0.3) is 0 Å². The zero-order valence-electron chi connectivity index (χ0n) is 9.78. The third kappa shape index (κ3) is 2.61. The minimum Gasteiger partial charge on any atom is -0.469 e. The Morgan fingerprint density at radius 2 is 2.29 bits per heavy atom. The van der Waals surface area contributed by atoms with Crippen LogP contribution in [0.1, 0.15) is 17.9 Å². The van der Waals surface area contributed by atoms with E-state index in [1.165, 1.54) is 7.11 Å². The Morgan fingerprint density at radius 1 is 1.53 bits per heavy atom. The molecule has 3 nitrogen and oxygen atoms in total. The van der Waals surface area contributed by atoms with E-state index in [4.69, 9.17) is 16.3 Å². The van der Waals surface area contributed by atoms with Gasteiger partial charge in [-0.05, 0) is 37.1 Å². The van der Waals surface area contributed by atoms with Crippen LogP contribution in [0, 0.1) is 5.92 Å². The normalized spacial score (nSPS) is 21.2. The van der Waals surface area contributed by atoms with Crippen molar-refractivity contribution in [3.05, 3.63) is 34.9 Å². The van der Waals surface area contributed by atoms with Crippen molar-refractivity contribution in [2.45, 2.75) is 12.3 Å². The maximum Gasteiger partial charge on any atom is 0.313 e. The molecule has 0 spiro atoms. The van der Waals surface area contributed by atoms with Gasteiger partial charge >= 0.3 is 5.97 Å². The van der Waals surface area contributed by atoms with Crippen LogP contribution in [0.3, 0.4) is 0 Å². The number of hydrogen-bond donors (Lipinski definition) is 1. The number of carbonyl (C=O) groups excluding carboxylic acids is 1. The first-order valence-corrected chi connectivity index (χ1v) is 6.15. The van der Waals surface area contributed by atoms with Crippen LogP contribution in [0.25, 0.3) is 0 Å². The molecule has 1 aromatic rings. The molecule has 1 fully saturated rings. The Kier molecular flexibility index (Phi) is 4.02. The lowest BCUT2D eigenvalue weighted by molar-refractivity contribution is -0.143. The fourth-order valence-electron chi connectivity index (χ4n) is 2.39. The molecular formula is C13H16ClNO2. The minimum absolute atomic E-state index is 0.202. The lowest BCUT2D eigenvalue weighted by atomic mass is 9.85. The Hall–Kier alpha value is -1.06. The van der Waals surface area contributed by atoms with Crippen LogP contribution in [0.2, 0.25) is 5.02 Å². The highest BCUT2D eigenvalue weighted by atomic mass is 35.5. The summed E-state index contributed by atoms with van der Waals surface area (Å²) in [6, 6.07) is 7.49. The molecule has 2 rings (SSSR count). The van der Waals surface area contributed by atoms with Gasteiger partial charge in [0.1, 0.15) is 0 Å². The average Bonchev–Trinajstić information content (AvgIpc) is 2.85. The highest BCUT2D eigenvalue weighted by molar-refractivity contribution is 6.31. The Labute approximate surface area is 106 Å². The molecule has 2 unspecified atom stereocenters. The lowest BCUT2D eigenvalue weighted by Gasteiger charge is -2.21. The van der Waals surface area contributed by atoms with Gasteiger partial charge in [-0.25, -0.2) is 0 Å². The van der Waals surface area contributed by atoms with Crippen molar-refractivity contribution in [2.75, 3.05) is 20.2 Å². The highest BCUT2D eigenvalue weighted by Crippen LogP contribution is 2.34. The molecule has 2 atom stereocenters. The van der Waals surface area contributed by atoms with Crippen molar-refractivity contribution in [3.63, 3.8) is 0 Å². The predicted molar refractivity (Wildman–Crippen MR) is 67.2 cm³/mol. The molecule has 1 saturated heterocycles. The molecule has 92 valence electrons. The van der Waals surface area contributed by atoms with Gasteiger partial charge in [-0.15, -0.1) is 0 Å². The molecule has 4 heteroatoms. The number of ether oxygens (including phenoxy) is 1. The van der Waals surface area contributed by atoms with Crippen molar-refractivity contribution in [3.8, 4) is 0 Å². The van der Waals surface area contributed by atoms with Crippen LogP contribution in [0.15, 0.2) is 24.3 Å². The molecular weight excluding hydrogens is 238 g/mol. The third-order valence-electron chi connectivity index (χ3n) is 3.27. The first-order chi connectivity index (χ1) is 8.24. The van der Waals surface area contributed by atoms with Crippen LogP contribution in [-0.4, -0.2) is 26.2 Å². The third-order valence-corrected chi connectivity index (χ3v) is 3.61. The SMILES string of the molecule is COC(=O)C(c1ccccc1Cl)C1CCNC1. The molecule has 0 aromatic heterocycles. The van der Waals surface area contributed by atoms with Gasteiger partial charge in [-0.3, -0.25) is 4.79 Å². The quantitative estimate of drug-likeness (QED) is 0.840. The van der Waals surface area contributed by atoms with Crippen LogP contribution < -0.4 is 5.32 Å². The largest absolute Gasteiger partial charge is 0.469 e. The number of esters is 1. The van der Waals surface area contributed by atoms with E-state index >= 15 is 0 Å². The van der Waals surface area contributed by atoms with E-state index in [0.29, 0.717) is 5.02 Å². The number of halogens is 1. The number of hydrogen-bond acceptors (Lipinski definition) is 3. The number of nitrogens with one attached hydrogen (secondary N) is 1. The second kappa shape index (κ2) is 5.52. The smallest absolute Gasteiger partial charge is 0.313 e. The predicted octanol–water partition coefficient (Wildman–Crippen LogP) is 2.21. The zero-order valence-corrected chi connectivity index (χ0v) is 10.5. The van der Waals surface area contributed by atoms with E-state index in [-0.39, 0.29) is 17.8 Å². The molecule has 0 radical (unpaired) electrons. The first kappa shape index (κ1) is 12.4. The molecule has 0 saturated carbocycles. The van der Waals surface area contributed by atoms with Gasteiger partial charge in [-0.2, -0.15) is 0 Å². The number of benzene rings is 1. The van der Waals surface area contributed by atoms with E-state index in [2.05, 4.69) is 5.32 Å². The molecule has 0 aliphatic carbocycles. The molecule has 0 bridgehead atoms. The summed E-state index contributed by atoms with van der Waals surface area (Å²) in [5, 5.41) is 3.90. The number of carbonyl (C=O) groups is 1. The Morgan fingerprint density at radius 3 is 2.88 bits per heavy atom. The topological polar surface area (TPSA) is 38.3 Å². The fraction of sp³-hybridized carbons (Fsp3) is 0.462. The van der Waals surface area contributed by atoms with Gasteiger partial charge in [0.15, 0.2) is 0 Å².